The van der Waals surface area contributed by atoms with Crippen LogP contribution in [-0.2, 0) is 6.54 Å². The van der Waals surface area contributed by atoms with Crippen molar-refractivity contribution in [3.8, 4) is 10.6 Å². The molecule has 0 bridgehead atoms. The standard InChI is InChI=1S/C16H22N2OS/c1-12-5-7-13(8-6-12)15-17-14(10-20-15)9-18(4)16(2,3)11-19/h5-8,10,19H,9,11H2,1-4H3. The normalized spacial score (nSPS) is 12.1. The Bertz CT molecular complexity index is 560. The molecule has 0 saturated carbocycles. The molecule has 1 heterocycles. The molecule has 4 heteroatoms. The number of nitrogens with zero attached hydrogens (tertiary/aromatic N) is 2. The third kappa shape index (κ3) is 3.45. The van der Waals surface area contributed by atoms with Crippen LogP contribution in [0.25, 0.3) is 10.6 Å². The second-order valence-corrected chi connectivity index (χ2v) is 6.69. The fraction of sp³-hybridized carbons (Fsp3) is 0.438. The van der Waals surface area contributed by atoms with E-state index in [1.165, 1.54) is 5.56 Å². The lowest BCUT2D eigenvalue weighted by atomic mass is 10.1. The molecule has 0 fully saturated rings. The van der Waals surface area contributed by atoms with E-state index in [9.17, 15) is 5.11 Å². The molecule has 2 rings (SSSR count). The van der Waals surface area contributed by atoms with Crippen LogP contribution in [0.3, 0.4) is 0 Å². The first kappa shape index (κ1) is 15.2. The predicted molar refractivity (Wildman–Crippen MR) is 84.9 cm³/mol. The number of likely N-dealkylation sites (N-methyl/N-ethyl adjacent to an activating group) is 1. The monoisotopic (exact) mass is 290 g/mol. The minimum absolute atomic E-state index is 0.137. The number of benzene rings is 1. The molecule has 1 aromatic carbocycles. The van der Waals surface area contributed by atoms with Gasteiger partial charge in [-0.15, -0.1) is 11.3 Å². The molecular weight excluding hydrogens is 268 g/mol. The zero-order valence-electron chi connectivity index (χ0n) is 12.6. The largest absolute Gasteiger partial charge is 0.394 e. The van der Waals surface area contributed by atoms with Gasteiger partial charge in [0, 0.05) is 23.0 Å². The highest BCUT2D eigenvalue weighted by atomic mass is 32.1. The van der Waals surface area contributed by atoms with Gasteiger partial charge in [-0.05, 0) is 27.8 Å². The number of hydrogen-bond donors (Lipinski definition) is 1. The van der Waals surface area contributed by atoms with Crippen molar-refractivity contribution in [3.63, 3.8) is 0 Å². The average molecular weight is 290 g/mol. The van der Waals surface area contributed by atoms with Crippen molar-refractivity contribution in [2.24, 2.45) is 0 Å². The Kier molecular flexibility index (Phi) is 4.58. The first-order valence-electron chi connectivity index (χ1n) is 6.76. The minimum atomic E-state index is -0.229. The second-order valence-electron chi connectivity index (χ2n) is 5.84. The highest BCUT2D eigenvalue weighted by Crippen LogP contribution is 2.25. The van der Waals surface area contributed by atoms with Crippen molar-refractivity contribution in [2.45, 2.75) is 32.9 Å². The van der Waals surface area contributed by atoms with Crippen molar-refractivity contribution in [1.29, 1.82) is 0 Å². The van der Waals surface area contributed by atoms with Crippen molar-refractivity contribution in [1.82, 2.24) is 9.88 Å². The third-order valence-electron chi connectivity index (χ3n) is 3.67. The smallest absolute Gasteiger partial charge is 0.123 e. The number of aromatic nitrogens is 1. The van der Waals surface area contributed by atoms with Gasteiger partial charge in [0.15, 0.2) is 0 Å². The summed E-state index contributed by atoms with van der Waals surface area (Å²) in [7, 11) is 2.01. The van der Waals surface area contributed by atoms with E-state index in [2.05, 4.69) is 41.5 Å². The zero-order valence-corrected chi connectivity index (χ0v) is 13.4. The Balaban J connectivity index is 2.11. The molecule has 0 radical (unpaired) electrons. The molecule has 1 aromatic heterocycles. The lowest BCUT2D eigenvalue weighted by Crippen LogP contribution is -2.43. The molecule has 108 valence electrons. The Morgan fingerprint density at radius 1 is 1.25 bits per heavy atom. The first-order valence-corrected chi connectivity index (χ1v) is 7.64. The molecule has 0 amide bonds. The number of aliphatic hydroxyl groups is 1. The van der Waals surface area contributed by atoms with Gasteiger partial charge < -0.3 is 5.11 Å². The van der Waals surface area contributed by atoms with Gasteiger partial charge in [-0.3, -0.25) is 4.90 Å². The molecule has 0 aliphatic rings. The molecule has 0 aliphatic heterocycles. The molecular formula is C16H22N2OS. The SMILES string of the molecule is Cc1ccc(-c2nc(CN(C)C(C)(C)CO)cs2)cc1. The van der Waals surface area contributed by atoms with E-state index in [1.54, 1.807) is 11.3 Å². The van der Waals surface area contributed by atoms with E-state index in [1.807, 2.05) is 20.9 Å². The molecule has 0 unspecified atom stereocenters. The maximum Gasteiger partial charge on any atom is 0.123 e. The summed E-state index contributed by atoms with van der Waals surface area (Å²) in [6.07, 6.45) is 0. The Hall–Kier alpha value is -1.23. The minimum Gasteiger partial charge on any atom is -0.394 e. The first-order chi connectivity index (χ1) is 9.42. The van der Waals surface area contributed by atoms with E-state index in [0.717, 1.165) is 22.8 Å². The van der Waals surface area contributed by atoms with Crippen molar-refractivity contribution in [3.05, 3.63) is 40.9 Å². The van der Waals surface area contributed by atoms with Crippen LogP contribution in [0.2, 0.25) is 0 Å². The van der Waals surface area contributed by atoms with Gasteiger partial charge in [0.05, 0.1) is 12.3 Å². The number of aryl methyl sites for hydroxylation is 1. The van der Waals surface area contributed by atoms with Gasteiger partial charge in [0.1, 0.15) is 5.01 Å². The van der Waals surface area contributed by atoms with Crippen molar-refractivity contribution < 1.29 is 5.11 Å². The number of rotatable bonds is 5. The van der Waals surface area contributed by atoms with Crippen LogP contribution in [-0.4, -0.2) is 34.2 Å². The summed E-state index contributed by atoms with van der Waals surface area (Å²) in [5.74, 6) is 0. The number of hydrogen-bond acceptors (Lipinski definition) is 4. The van der Waals surface area contributed by atoms with Crippen LogP contribution >= 0.6 is 11.3 Å². The summed E-state index contributed by atoms with van der Waals surface area (Å²) < 4.78 is 0. The van der Waals surface area contributed by atoms with E-state index in [0.29, 0.717) is 0 Å². The second kappa shape index (κ2) is 6.04. The van der Waals surface area contributed by atoms with Gasteiger partial charge in [-0.25, -0.2) is 4.98 Å². The van der Waals surface area contributed by atoms with E-state index >= 15 is 0 Å². The summed E-state index contributed by atoms with van der Waals surface area (Å²) in [4.78, 5) is 6.82. The summed E-state index contributed by atoms with van der Waals surface area (Å²) in [6.45, 7) is 7.03. The van der Waals surface area contributed by atoms with Crippen LogP contribution in [0.1, 0.15) is 25.1 Å². The Labute approximate surface area is 124 Å². The fourth-order valence-electron chi connectivity index (χ4n) is 1.79. The van der Waals surface area contributed by atoms with Crippen molar-refractivity contribution >= 4 is 11.3 Å². The highest BCUT2D eigenvalue weighted by molar-refractivity contribution is 7.13. The molecule has 0 saturated heterocycles. The van der Waals surface area contributed by atoms with Gasteiger partial charge in [-0.1, -0.05) is 29.8 Å². The summed E-state index contributed by atoms with van der Waals surface area (Å²) >= 11 is 1.67. The van der Waals surface area contributed by atoms with Crippen LogP contribution in [0, 0.1) is 6.92 Å². The molecule has 0 aliphatic carbocycles. The Morgan fingerprint density at radius 3 is 2.50 bits per heavy atom. The number of thiazole rings is 1. The van der Waals surface area contributed by atoms with Gasteiger partial charge in [-0.2, -0.15) is 0 Å². The molecule has 2 aromatic rings. The quantitative estimate of drug-likeness (QED) is 0.917. The average Bonchev–Trinajstić information content (AvgIpc) is 2.88. The van der Waals surface area contributed by atoms with Crippen LogP contribution in [0.5, 0.6) is 0 Å². The maximum absolute atomic E-state index is 9.39. The number of aliphatic hydroxyl groups excluding tert-OH is 1. The van der Waals surface area contributed by atoms with Crippen LogP contribution in [0.15, 0.2) is 29.6 Å². The van der Waals surface area contributed by atoms with Gasteiger partial charge >= 0.3 is 0 Å². The lowest BCUT2D eigenvalue weighted by Gasteiger charge is -2.33. The summed E-state index contributed by atoms with van der Waals surface area (Å²) in [5.41, 5.74) is 3.24. The van der Waals surface area contributed by atoms with E-state index in [4.69, 9.17) is 4.98 Å². The predicted octanol–water partition coefficient (Wildman–Crippen LogP) is 3.32. The van der Waals surface area contributed by atoms with Crippen molar-refractivity contribution in [2.75, 3.05) is 13.7 Å². The van der Waals surface area contributed by atoms with Gasteiger partial charge in [0.25, 0.3) is 0 Å². The highest BCUT2D eigenvalue weighted by Gasteiger charge is 2.23. The lowest BCUT2D eigenvalue weighted by molar-refractivity contribution is 0.0726. The molecule has 0 atom stereocenters. The van der Waals surface area contributed by atoms with E-state index in [-0.39, 0.29) is 12.1 Å². The maximum atomic E-state index is 9.39. The Morgan fingerprint density at radius 2 is 1.90 bits per heavy atom. The fourth-order valence-corrected chi connectivity index (χ4v) is 2.60. The van der Waals surface area contributed by atoms with Gasteiger partial charge in [0.2, 0.25) is 0 Å². The molecule has 0 spiro atoms. The summed E-state index contributed by atoms with van der Waals surface area (Å²) in [5, 5.41) is 12.5. The summed E-state index contributed by atoms with van der Waals surface area (Å²) in [6, 6.07) is 8.44. The topological polar surface area (TPSA) is 36.4 Å². The zero-order chi connectivity index (χ0) is 14.8. The molecule has 3 nitrogen and oxygen atoms in total. The van der Waals surface area contributed by atoms with E-state index < -0.39 is 0 Å². The third-order valence-corrected chi connectivity index (χ3v) is 4.61. The molecule has 1 N–H and O–H groups in total. The van der Waals surface area contributed by atoms with Crippen LogP contribution in [0.4, 0.5) is 0 Å². The van der Waals surface area contributed by atoms with Crippen LogP contribution < -0.4 is 0 Å². The molecule has 20 heavy (non-hydrogen) atoms.